The summed E-state index contributed by atoms with van der Waals surface area (Å²) in [5, 5.41) is 0. The topological polar surface area (TPSA) is 15.7 Å². The standard InChI is InChI=1S/C14H28N2O/c1-2-6-15-8-10-16(11-9-15)7-3-4-14-5-12-17-13-14/h14H,2-13H2,1H3. The smallest absolute Gasteiger partial charge is 0.0495 e. The Kier molecular flexibility index (Phi) is 5.75. The van der Waals surface area contributed by atoms with Gasteiger partial charge in [0, 0.05) is 39.4 Å². The molecule has 3 nitrogen and oxygen atoms in total. The monoisotopic (exact) mass is 240 g/mol. The molecule has 0 saturated carbocycles. The predicted octanol–water partition coefficient (Wildman–Crippen LogP) is 1.83. The first-order valence-electron chi connectivity index (χ1n) is 7.41. The van der Waals surface area contributed by atoms with E-state index in [1.54, 1.807) is 0 Å². The quantitative estimate of drug-likeness (QED) is 0.704. The van der Waals surface area contributed by atoms with E-state index in [1.165, 1.54) is 65.0 Å². The first kappa shape index (κ1) is 13.3. The fraction of sp³-hybridized carbons (Fsp3) is 1.00. The van der Waals surface area contributed by atoms with E-state index in [0.29, 0.717) is 0 Å². The van der Waals surface area contributed by atoms with Gasteiger partial charge in [-0.05, 0) is 44.7 Å². The summed E-state index contributed by atoms with van der Waals surface area (Å²) in [6.07, 6.45) is 5.32. The van der Waals surface area contributed by atoms with Crippen molar-refractivity contribution in [2.45, 2.75) is 32.6 Å². The van der Waals surface area contributed by atoms with Crippen molar-refractivity contribution in [3.8, 4) is 0 Å². The van der Waals surface area contributed by atoms with Crippen LogP contribution in [0, 0.1) is 5.92 Å². The lowest BCUT2D eigenvalue weighted by Gasteiger charge is -2.34. The third-order valence-corrected chi connectivity index (χ3v) is 4.12. The summed E-state index contributed by atoms with van der Waals surface area (Å²) in [5.41, 5.74) is 0. The second-order valence-electron chi connectivity index (χ2n) is 5.56. The van der Waals surface area contributed by atoms with Crippen LogP contribution in [-0.4, -0.2) is 62.3 Å². The second kappa shape index (κ2) is 7.34. The molecular weight excluding hydrogens is 212 g/mol. The van der Waals surface area contributed by atoms with Crippen molar-refractivity contribution in [3.63, 3.8) is 0 Å². The number of rotatable bonds is 6. The molecule has 2 fully saturated rings. The van der Waals surface area contributed by atoms with E-state index in [0.717, 1.165) is 19.1 Å². The van der Waals surface area contributed by atoms with Crippen LogP contribution < -0.4 is 0 Å². The molecule has 2 heterocycles. The van der Waals surface area contributed by atoms with Gasteiger partial charge in [0.2, 0.25) is 0 Å². The molecule has 17 heavy (non-hydrogen) atoms. The largest absolute Gasteiger partial charge is 0.381 e. The molecule has 0 radical (unpaired) electrons. The van der Waals surface area contributed by atoms with Crippen LogP contribution in [0.25, 0.3) is 0 Å². The molecule has 2 rings (SSSR count). The zero-order chi connectivity index (χ0) is 11.9. The molecule has 0 aromatic rings. The summed E-state index contributed by atoms with van der Waals surface area (Å²) in [6, 6.07) is 0. The molecule has 0 aromatic carbocycles. The molecule has 1 unspecified atom stereocenters. The third-order valence-electron chi connectivity index (χ3n) is 4.12. The van der Waals surface area contributed by atoms with Crippen LogP contribution in [0.1, 0.15) is 32.6 Å². The van der Waals surface area contributed by atoms with Crippen molar-refractivity contribution < 1.29 is 4.74 Å². The summed E-state index contributed by atoms with van der Waals surface area (Å²) < 4.78 is 5.42. The molecule has 0 aliphatic carbocycles. The van der Waals surface area contributed by atoms with Crippen molar-refractivity contribution in [2.24, 2.45) is 5.92 Å². The Morgan fingerprint density at radius 2 is 1.76 bits per heavy atom. The lowest BCUT2D eigenvalue weighted by atomic mass is 10.0. The third kappa shape index (κ3) is 4.57. The molecule has 2 aliphatic rings. The Labute approximate surface area is 106 Å². The number of hydrogen-bond acceptors (Lipinski definition) is 3. The Hall–Kier alpha value is -0.120. The first-order chi connectivity index (χ1) is 8.38. The van der Waals surface area contributed by atoms with E-state index < -0.39 is 0 Å². The first-order valence-corrected chi connectivity index (χ1v) is 7.41. The van der Waals surface area contributed by atoms with E-state index >= 15 is 0 Å². The van der Waals surface area contributed by atoms with E-state index in [4.69, 9.17) is 4.74 Å². The average Bonchev–Trinajstić information content (AvgIpc) is 2.85. The van der Waals surface area contributed by atoms with Crippen molar-refractivity contribution in [2.75, 3.05) is 52.5 Å². The van der Waals surface area contributed by atoms with E-state index in [1.807, 2.05) is 0 Å². The Morgan fingerprint density at radius 1 is 1.06 bits per heavy atom. The fourth-order valence-electron chi connectivity index (χ4n) is 2.97. The van der Waals surface area contributed by atoms with Crippen LogP contribution in [0.3, 0.4) is 0 Å². The van der Waals surface area contributed by atoms with Crippen LogP contribution in [0.2, 0.25) is 0 Å². The molecule has 3 heteroatoms. The summed E-state index contributed by atoms with van der Waals surface area (Å²) in [4.78, 5) is 5.24. The minimum Gasteiger partial charge on any atom is -0.381 e. The van der Waals surface area contributed by atoms with Crippen molar-refractivity contribution in [1.82, 2.24) is 9.80 Å². The highest BCUT2D eigenvalue weighted by Gasteiger charge is 2.18. The van der Waals surface area contributed by atoms with Crippen molar-refractivity contribution >= 4 is 0 Å². The van der Waals surface area contributed by atoms with Gasteiger partial charge < -0.3 is 14.5 Å². The number of nitrogens with zero attached hydrogens (tertiary/aromatic N) is 2. The van der Waals surface area contributed by atoms with Gasteiger partial charge in [-0.2, -0.15) is 0 Å². The molecule has 2 aliphatic heterocycles. The van der Waals surface area contributed by atoms with Gasteiger partial charge in [-0.3, -0.25) is 0 Å². The molecular formula is C14H28N2O. The fourth-order valence-corrected chi connectivity index (χ4v) is 2.97. The zero-order valence-electron chi connectivity index (χ0n) is 11.4. The molecule has 0 spiro atoms. The van der Waals surface area contributed by atoms with Gasteiger partial charge in [-0.25, -0.2) is 0 Å². The highest BCUT2D eigenvalue weighted by atomic mass is 16.5. The molecule has 0 bridgehead atoms. The minimum atomic E-state index is 0.858. The van der Waals surface area contributed by atoms with E-state index in [2.05, 4.69) is 16.7 Å². The SMILES string of the molecule is CCCN1CCN(CCCC2CCOC2)CC1. The zero-order valence-corrected chi connectivity index (χ0v) is 11.4. The Bertz CT molecular complexity index is 196. The number of piperazine rings is 1. The Morgan fingerprint density at radius 3 is 2.35 bits per heavy atom. The van der Waals surface area contributed by atoms with E-state index in [9.17, 15) is 0 Å². The lowest BCUT2D eigenvalue weighted by Crippen LogP contribution is -2.46. The van der Waals surface area contributed by atoms with Crippen molar-refractivity contribution in [1.29, 1.82) is 0 Å². The number of ether oxygens (including phenoxy) is 1. The molecule has 0 aromatic heterocycles. The van der Waals surface area contributed by atoms with Crippen molar-refractivity contribution in [3.05, 3.63) is 0 Å². The maximum absolute atomic E-state index is 5.42. The molecule has 100 valence electrons. The van der Waals surface area contributed by atoms with Gasteiger partial charge in [-0.1, -0.05) is 6.92 Å². The maximum atomic E-state index is 5.42. The summed E-state index contributed by atoms with van der Waals surface area (Å²) in [7, 11) is 0. The van der Waals surface area contributed by atoms with E-state index in [-0.39, 0.29) is 0 Å². The second-order valence-corrected chi connectivity index (χ2v) is 5.56. The average molecular weight is 240 g/mol. The lowest BCUT2D eigenvalue weighted by molar-refractivity contribution is 0.128. The molecule has 2 saturated heterocycles. The predicted molar refractivity (Wildman–Crippen MR) is 71.3 cm³/mol. The summed E-state index contributed by atoms with van der Waals surface area (Å²) in [6.45, 7) is 12.0. The molecule has 0 N–H and O–H groups in total. The summed E-state index contributed by atoms with van der Waals surface area (Å²) in [5.74, 6) is 0.858. The highest BCUT2D eigenvalue weighted by molar-refractivity contribution is 4.72. The van der Waals surface area contributed by atoms with Gasteiger partial charge in [0.25, 0.3) is 0 Å². The van der Waals surface area contributed by atoms with Crippen LogP contribution in [0.4, 0.5) is 0 Å². The summed E-state index contributed by atoms with van der Waals surface area (Å²) >= 11 is 0. The van der Waals surface area contributed by atoms with Crippen LogP contribution in [0.15, 0.2) is 0 Å². The van der Waals surface area contributed by atoms with Gasteiger partial charge in [0.15, 0.2) is 0 Å². The van der Waals surface area contributed by atoms with Gasteiger partial charge in [0.1, 0.15) is 0 Å². The Balaban J connectivity index is 1.52. The van der Waals surface area contributed by atoms with Gasteiger partial charge >= 0.3 is 0 Å². The molecule has 0 amide bonds. The van der Waals surface area contributed by atoms with Gasteiger partial charge in [0.05, 0.1) is 0 Å². The number of hydrogen-bond donors (Lipinski definition) is 0. The molecule has 1 atom stereocenters. The minimum absolute atomic E-state index is 0.858. The van der Waals surface area contributed by atoms with Crippen LogP contribution in [0.5, 0.6) is 0 Å². The normalized spacial score (nSPS) is 27.7. The highest BCUT2D eigenvalue weighted by Crippen LogP contribution is 2.18. The van der Waals surface area contributed by atoms with Crippen LogP contribution in [-0.2, 0) is 4.74 Å². The maximum Gasteiger partial charge on any atom is 0.0495 e. The van der Waals surface area contributed by atoms with Gasteiger partial charge in [-0.15, -0.1) is 0 Å². The van der Waals surface area contributed by atoms with Crippen LogP contribution >= 0.6 is 0 Å².